The Morgan fingerprint density at radius 3 is 2.80 bits per heavy atom. The fourth-order valence-electron chi connectivity index (χ4n) is 2.70. The normalized spacial score (nSPS) is 20.6. The molecule has 1 aliphatic heterocycles. The second-order valence-corrected chi connectivity index (χ2v) is 5.25. The van der Waals surface area contributed by atoms with Crippen LogP contribution in [0.25, 0.3) is 0 Å². The summed E-state index contributed by atoms with van der Waals surface area (Å²) in [7, 11) is 1.94. The zero-order valence-corrected chi connectivity index (χ0v) is 11.9. The second-order valence-electron chi connectivity index (χ2n) is 5.25. The molecule has 5 nitrogen and oxygen atoms in total. The number of hydrogen-bond acceptors (Lipinski definition) is 4. The molecule has 0 bridgehead atoms. The summed E-state index contributed by atoms with van der Waals surface area (Å²) in [6.07, 6.45) is 3.57. The van der Waals surface area contributed by atoms with Crippen LogP contribution in [-0.4, -0.2) is 37.1 Å². The van der Waals surface area contributed by atoms with Crippen LogP contribution < -0.4 is 11.3 Å². The number of hydrogen-bond donors (Lipinski definition) is 2. The van der Waals surface area contributed by atoms with E-state index in [0.29, 0.717) is 0 Å². The first kappa shape index (κ1) is 15.0. The van der Waals surface area contributed by atoms with Gasteiger partial charge in [0.25, 0.3) is 5.91 Å². The van der Waals surface area contributed by atoms with E-state index in [1.807, 2.05) is 42.3 Å². The number of rotatable bonds is 5. The van der Waals surface area contributed by atoms with Crippen LogP contribution in [0, 0.1) is 0 Å². The highest BCUT2D eigenvalue weighted by molar-refractivity contribution is 5.82. The van der Waals surface area contributed by atoms with Crippen LogP contribution in [0.3, 0.4) is 0 Å². The largest absolute Gasteiger partial charge is 0.377 e. The fraction of sp³-hybridized carbons (Fsp3) is 0.533. The molecule has 1 aromatic carbocycles. The van der Waals surface area contributed by atoms with Crippen molar-refractivity contribution in [2.45, 2.75) is 31.4 Å². The van der Waals surface area contributed by atoms with Gasteiger partial charge in [-0.15, -0.1) is 0 Å². The lowest BCUT2D eigenvalue weighted by Crippen LogP contribution is -2.44. The van der Waals surface area contributed by atoms with E-state index in [0.717, 1.165) is 31.6 Å². The summed E-state index contributed by atoms with van der Waals surface area (Å²) in [6.45, 7) is 1.55. The minimum Gasteiger partial charge on any atom is -0.377 e. The first-order valence-electron chi connectivity index (χ1n) is 7.09. The molecule has 110 valence electrons. The van der Waals surface area contributed by atoms with Crippen LogP contribution in [0.2, 0.25) is 0 Å². The number of carbonyl (C=O) groups excluding carboxylic acids is 1. The maximum absolute atomic E-state index is 12.1. The molecule has 0 radical (unpaired) electrons. The number of nitrogens with one attached hydrogen (secondary N) is 1. The molecule has 2 rings (SSSR count). The standard InChI is InChI=1S/C15H23N3O2/c1-18(11-13-9-5-6-10-20-13)14(15(19)17-16)12-7-3-2-4-8-12/h2-4,7-8,13-14H,5-6,9-11,16H2,1H3,(H,17,19). The van der Waals surface area contributed by atoms with Gasteiger partial charge in [0.2, 0.25) is 0 Å². The minimum absolute atomic E-state index is 0.200. The van der Waals surface area contributed by atoms with Gasteiger partial charge in [0.15, 0.2) is 0 Å². The predicted molar refractivity (Wildman–Crippen MR) is 77.7 cm³/mol. The van der Waals surface area contributed by atoms with Gasteiger partial charge >= 0.3 is 0 Å². The van der Waals surface area contributed by atoms with Gasteiger partial charge in [0, 0.05) is 13.2 Å². The lowest BCUT2D eigenvalue weighted by atomic mass is 10.0. The van der Waals surface area contributed by atoms with Crippen LogP contribution in [0.1, 0.15) is 30.9 Å². The molecule has 20 heavy (non-hydrogen) atoms. The van der Waals surface area contributed by atoms with Crippen LogP contribution in [0.5, 0.6) is 0 Å². The minimum atomic E-state index is -0.383. The van der Waals surface area contributed by atoms with E-state index >= 15 is 0 Å². The van der Waals surface area contributed by atoms with E-state index in [1.165, 1.54) is 6.42 Å². The molecule has 3 N–H and O–H groups in total. The van der Waals surface area contributed by atoms with Crippen molar-refractivity contribution in [3.05, 3.63) is 35.9 Å². The molecule has 2 atom stereocenters. The van der Waals surface area contributed by atoms with E-state index in [-0.39, 0.29) is 18.1 Å². The van der Waals surface area contributed by atoms with Crippen LogP contribution in [0.15, 0.2) is 30.3 Å². The monoisotopic (exact) mass is 277 g/mol. The smallest absolute Gasteiger partial charge is 0.255 e. The number of benzene rings is 1. The van der Waals surface area contributed by atoms with E-state index < -0.39 is 0 Å². The van der Waals surface area contributed by atoms with Crippen LogP contribution in [-0.2, 0) is 9.53 Å². The third kappa shape index (κ3) is 3.79. The molecule has 0 saturated carbocycles. The first-order chi connectivity index (χ1) is 9.72. The molecule has 1 aliphatic rings. The summed E-state index contributed by atoms with van der Waals surface area (Å²) in [5.41, 5.74) is 3.20. The second kappa shape index (κ2) is 7.38. The Bertz CT molecular complexity index is 418. The Morgan fingerprint density at radius 2 is 2.20 bits per heavy atom. The van der Waals surface area contributed by atoms with E-state index in [4.69, 9.17) is 10.6 Å². The first-order valence-corrected chi connectivity index (χ1v) is 7.09. The van der Waals surface area contributed by atoms with Gasteiger partial charge < -0.3 is 4.74 Å². The molecular formula is C15H23N3O2. The zero-order chi connectivity index (χ0) is 14.4. The van der Waals surface area contributed by atoms with Gasteiger partial charge in [-0.25, -0.2) is 5.84 Å². The van der Waals surface area contributed by atoms with Crippen molar-refractivity contribution in [1.82, 2.24) is 10.3 Å². The highest BCUT2D eigenvalue weighted by Gasteiger charge is 2.27. The summed E-state index contributed by atoms with van der Waals surface area (Å²) in [5, 5.41) is 0. The lowest BCUT2D eigenvalue weighted by Gasteiger charge is -2.32. The molecule has 5 heteroatoms. The van der Waals surface area contributed by atoms with Gasteiger partial charge in [0.05, 0.1) is 6.10 Å². The summed E-state index contributed by atoms with van der Waals surface area (Å²) in [4.78, 5) is 14.1. The molecule has 1 heterocycles. The highest BCUT2D eigenvalue weighted by atomic mass is 16.5. The lowest BCUT2D eigenvalue weighted by molar-refractivity contribution is -0.127. The summed E-state index contributed by atoms with van der Waals surface area (Å²) >= 11 is 0. The number of carbonyl (C=O) groups is 1. The molecule has 0 spiro atoms. The maximum atomic E-state index is 12.1. The van der Waals surface area contributed by atoms with Crippen molar-refractivity contribution in [3.63, 3.8) is 0 Å². The third-order valence-corrected chi connectivity index (χ3v) is 3.71. The number of nitrogens with two attached hydrogens (primary N) is 1. The molecular weight excluding hydrogens is 254 g/mol. The highest BCUT2D eigenvalue weighted by Crippen LogP contribution is 2.22. The molecule has 1 fully saturated rings. The number of amides is 1. The van der Waals surface area contributed by atoms with Gasteiger partial charge in [-0.2, -0.15) is 0 Å². The maximum Gasteiger partial charge on any atom is 0.255 e. The topological polar surface area (TPSA) is 67.6 Å². The molecule has 2 unspecified atom stereocenters. The quantitative estimate of drug-likeness (QED) is 0.482. The van der Waals surface area contributed by atoms with E-state index in [2.05, 4.69) is 5.43 Å². The Labute approximate surface area is 120 Å². The van der Waals surface area contributed by atoms with Gasteiger partial charge in [-0.1, -0.05) is 30.3 Å². The van der Waals surface area contributed by atoms with Gasteiger partial charge in [0.1, 0.15) is 6.04 Å². The van der Waals surface area contributed by atoms with E-state index in [1.54, 1.807) is 0 Å². The summed E-state index contributed by atoms with van der Waals surface area (Å²) < 4.78 is 5.74. The number of hydrazine groups is 1. The Balaban J connectivity index is 2.07. The van der Waals surface area contributed by atoms with Crippen molar-refractivity contribution < 1.29 is 9.53 Å². The molecule has 1 amide bonds. The molecule has 0 aliphatic carbocycles. The average Bonchev–Trinajstić information content (AvgIpc) is 2.49. The number of ether oxygens (including phenoxy) is 1. The number of likely N-dealkylation sites (N-methyl/N-ethyl adjacent to an activating group) is 1. The Hall–Kier alpha value is -1.43. The Morgan fingerprint density at radius 1 is 1.45 bits per heavy atom. The predicted octanol–water partition coefficient (Wildman–Crippen LogP) is 1.22. The van der Waals surface area contributed by atoms with Gasteiger partial charge in [-0.05, 0) is 31.9 Å². The Kier molecular flexibility index (Phi) is 5.52. The van der Waals surface area contributed by atoms with Crippen molar-refractivity contribution in [2.75, 3.05) is 20.2 Å². The average molecular weight is 277 g/mol. The third-order valence-electron chi connectivity index (χ3n) is 3.71. The SMILES string of the molecule is CN(CC1CCCCO1)C(C(=O)NN)c1ccccc1. The molecule has 1 aromatic rings. The summed E-state index contributed by atoms with van der Waals surface area (Å²) in [5.74, 6) is 5.12. The van der Waals surface area contributed by atoms with E-state index in [9.17, 15) is 4.79 Å². The van der Waals surface area contributed by atoms with Gasteiger partial charge in [-0.3, -0.25) is 15.1 Å². The number of nitrogens with zero attached hydrogens (tertiary/aromatic N) is 1. The fourth-order valence-corrected chi connectivity index (χ4v) is 2.70. The van der Waals surface area contributed by atoms with Crippen LogP contribution >= 0.6 is 0 Å². The van der Waals surface area contributed by atoms with Crippen LogP contribution in [0.4, 0.5) is 0 Å². The zero-order valence-electron chi connectivity index (χ0n) is 11.9. The van der Waals surface area contributed by atoms with Crippen molar-refractivity contribution >= 4 is 5.91 Å². The van der Waals surface area contributed by atoms with Crippen molar-refractivity contribution in [2.24, 2.45) is 5.84 Å². The summed E-state index contributed by atoms with van der Waals surface area (Å²) in [6, 6.07) is 9.29. The van der Waals surface area contributed by atoms with Crippen molar-refractivity contribution in [3.8, 4) is 0 Å². The van der Waals surface area contributed by atoms with Crippen molar-refractivity contribution in [1.29, 1.82) is 0 Å². The molecule has 0 aromatic heterocycles. The molecule has 1 saturated heterocycles.